The summed E-state index contributed by atoms with van der Waals surface area (Å²) in [6, 6.07) is 7.51. The van der Waals surface area contributed by atoms with E-state index in [1.807, 2.05) is 24.9 Å². The fourth-order valence-corrected chi connectivity index (χ4v) is 1.96. The van der Waals surface area contributed by atoms with Gasteiger partial charge in [0.15, 0.2) is 0 Å². The van der Waals surface area contributed by atoms with Crippen LogP contribution in [-0.2, 0) is 4.79 Å². The van der Waals surface area contributed by atoms with E-state index >= 15 is 0 Å². The van der Waals surface area contributed by atoms with Crippen molar-refractivity contribution in [2.24, 2.45) is 5.92 Å². The molecule has 1 N–H and O–H groups in total. The van der Waals surface area contributed by atoms with Crippen LogP contribution in [0.25, 0.3) is 6.08 Å². The molecule has 0 saturated carbocycles. The Morgan fingerprint density at radius 1 is 1.63 bits per heavy atom. The third kappa shape index (κ3) is 4.31. The van der Waals surface area contributed by atoms with Crippen molar-refractivity contribution in [2.75, 3.05) is 18.5 Å². The molecule has 1 aromatic rings. The van der Waals surface area contributed by atoms with Gasteiger partial charge in [-0.2, -0.15) is 5.26 Å². The number of carbonyl (C=O) groups is 1. The van der Waals surface area contributed by atoms with Crippen molar-refractivity contribution in [1.82, 2.24) is 0 Å². The van der Waals surface area contributed by atoms with Crippen molar-refractivity contribution in [3.05, 3.63) is 34.9 Å². The Morgan fingerprint density at radius 3 is 2.89 bits per heavy atom. The highest BCUT2D eigenvalue weighted by Crippen LogP contribution is 2.28. The molecule has 0 aromatic heterocycles. The zero-order chi connectivity index (χ0) is 14.4. The Kier molecular flexibility index (Phi) is 5.40. The highest BCUT2D eigenvalue weighted by atomic mass is 35.5. The van der Waals surface area contributed by atoms with E-state index in [4.69, 9.17) is 22.0 Å². The second kappa shape index (κ2) is 6.81. The zero-order valence-corrected chi connectivity index (χ0v) is 11.6. The molecule has 1 aromatic carbocycles. The predicted molar refractivity (Wildman–Crippen MR) is 76.2 cm³/mol. The van der Waals surface area contributed by atoms with Gasteiger partial charge in [0.2, 0.25) is 0 Å². The van der Waals surface area contributed by atoms with Gasteiger partial charge in [-0.3, -0.25) is 0 Å². The topological polar surface area (TPSA) is 64.3 Å². The van der Waals surface area contributed by atoms with E-state index in [-0.39, 0.29) is 5.92 Å². The molecule has 0 bridgehead atoms. The van der Waals surface area contributed by atoms with E-state index in [9.17, 15) is 4.79 Å². The maximum Gasteiger partial charge on any atom is 0.328 e. The molecule has 0 aliphatic rings. The number of benzene rings is 1. The van der Waals surface area contributed by atoms with Crippen LogP contribution in [0.5, 0.6) is 0 Å². The molecule has 0 amide bonds. The highest BCUT2D eigenvalue weighted by Gasteiger charge is 2.11. The van der Waals surface area contributed by atoms with Gasteiger partial charge >= 0.3 is 5.97 Å². The summed E-state index contributed by atoms with van der Waals surface area (Å²) in [4.78, 5) is 12.5. The van der Waals surface area contributed by atoms with Gasteiger partial charge in [-0.15, -0.1) is 0 Å². The zero-order valence-electron chi connectivity index (χ0n) is 10.8. The van der Waals surface area contributed by atoms with E-state index in [0.717, 1.165) is 11.8 Å². The minimum Gasteiger partial charge on any atom is -0.478 e. The number of hydrogen-bond acceptors (Lipinski definition) is 3. The second-order valence-corrected chi connectivity index (χ2v) is 4.66. The van der Waals surface area contributed by atoms with Gasteiger partial charge in [-0.25, -0.2) is 4.79 Å². The van der Waals surface area contributed by atoms with Gasteiger partial charge in [0.25, 0.3) is 0 Å². The number of carboxylic acid groups (broad SMARTS) is 1. The van der Waals surface area contributed by atoms with E-state index < -0.39 is 5.97 Å². The Hall–Kier alpha value is -1.99. The molecule has 5 heteroatoms. The number of rotatable bonds is 5. The molecule has 4 nitrogen and oxygen atoms in total. The number of nitrogens with zero attached hydrogens (tertiary/aromatic N) is 2. The normalized spacial score (nSPS) is 12.1. The lowest BCUT2D eigenvalue weighted by Gasteiger charge is -2.23. The summed E-state index contributed by atoms with van der Waals surface area (Å²) >= 11 is 6.09. The summed E-state index contributed by atoms with van der Waals surface area (Å²) in [6.45, 7) is 2.37. The number of carboxylic acids is 1. The standard InChI is InChI=1S/C14H15ClN2O2/c1-10(8-16)9-17(2)13-5-3-4-12(15)11(13)6-7-14(18)19/h3-7,10H,9H2,1-2H3,(H,18,19)/b7-6+. The van der Waals surface area contributed by atoms with E-state index in [1.165, 1.54) is 6.08 Å². The van der Waals surface area contributed by atoms with Crippen LogP contribution in [0.3, 0.4) is 0 Å². The largest absolute Gasteiger partial charge is 0.478 e. The first kappa shape index (κ1) is 15.1. The lowest BCUT2D eigenvalue weighted by Crippen LogP contribution is -2.23. The molecule has 0 heterocycles. The van der Waals surface area contributed by atoms with Crippen LogP contribution in [0.2, 0.25) is 5.02 Å². The molecule has 0 radical (unpaired) electrons. The van der Waals surface area contributed by atoms with Gasteiger partial charge < -0.3 is 10.0 Å². The number of anilines is 1. The minimum absolute atomic E-state index is 0.125. The first-order valence-corrected chi connectivity index (χ1v) is 6.13. The number of aliphatic carboxylic acids is 1. The van der Waals surface area contributed by atoms with Crippen molar-refractivity contribution in [3.8, 4) is 6.07 Å². The molecular weight excluding hydrogens is 264 g/mol. The summed E-state index contributed by atoms with van der Waals surface area (Å²) in [5.74, 6) is -1.15. The molecule has 0 aliphatic carbocycles. The van der Waals surface area contributed by atoms with Gasteiger partial charge in [0.1, 0.15) is 0 Å². The first-order valence-electron chi connectivity index (χ1n) is 5.76. The smallest absolute Gasteiger partial charge is 0.328 e. The third-order valence-electron chi connectivity index (χ3n) is 2.60. The quantitative estimate of drug-likeness (QED) is 0.841. The Bertz CT molecular complexity index is 535. The molecule has 0 spiro atoms. The van der Waals surface area contributed by atoms with Gasteiger partial charge in [-0.05, 0) is 25.1 Å². The lowest BCUT2D eigenvalue weighted by atomic mass is 10.1. The fraction of sp³-hybridized carbons (Fsp3) is 0.286. The van der Waals surface area contributed by atoms with Crippen LogP contribution in [0.15, 0.2) is 24.3 Å². The van der Waals surface area contributed by atoms with Gasteiger partial charge in [0.05, 0.1) is 12.0 Å². The molecule has 19 heavy (non-hydrogen) atoms. The number of halogens is 1. The summed E-state index contributed by atoms with van der Waals surface area (Å²) in [5, 5.41) is 18.0. The summed E-state index contributed by atoms with van der Waals surface area (Å²) < 4.78 is 0. The average molecular weight is 279 g/mol. The monoisotopic (exact) mass is 278 g/mol. The van der Waals surface area contributed by atoms with Crippen molar-refractivity contribution in [1.29, 1.82) is 5.26 Å². The predicted octanol–water partition coefficient (Wildman–Crippen LogP) is 3.03. The van der Waals surface area contributed by atoms with Crippen LogP contribution in [0.1, 0.15) is 12.5 Å². The molecule has 1 unspecified atom stereocenters. The molecule has 0 fully saturated rings. The Labute approximate surface area is 117 Å². The maximum absolute atomic E-state index is 10.6. The molecular formula is C14H15ClN2O2. The molecule has 100 valence electrons. The van der Waals surface area contributed by atoms with Crippen molar-refractivity contribution in [2.45, 2.75) is 6.92 Å². The first-order chi connectivity index (χ1) is 8.95. The van der Waals surface area contributed by atoms with Crippen molar-refractivity contribution < 1.29 is 9.90 Å². The molecule has 0 saturated heterocycles. The lowest BCUT2D eigenvalue weighted by molar-refractivity contribution is -0.131. The van der Waals surface area contributed by atoms with Crippen LogP contribution in [0.4, 0.5) is 5.69 Å². The van der Waals surface area contributed by atoms with Gasteiger partial charge in [0, 0.05) is 35.9 Å². The molecule has 1 atom stereocenters. The van der Waals surface area contributed by atoms with Crippen molar-refractivity contribution in [3.63, 3.8) is 0 Å². The van der Waals surface area contributed by atoms with E-state index in [2.05, 4.69) is 6.07 Å². The average Bonchev–Trinajstić information content (AvgIpc) is 2.36. The summed E-state index contributed by atoms with van der Waals surface area (Å²) in [7, 11) is 1.84. The van der Waals surface area contributed by atoms with Gasteiger partial charge in [-0.1, -0.05) is 17.7 Å². The van der Waals surface area contributed by atoms with E-state index in [1.54, 1.807) is 12.1 Å². The Balaban J connectivity index is 3.10. The fourth-order valence-electron chi connectivity index (χ4n) is 1.73. The van der Waals surface area contributed by atoms with Crippen LogP contribution >= 0.6 is 11.6 Å². The molecule has 0 aliphatic heterocycles. The number of hydrogen-bond donors (Lipinski definition) is 1. The van der Waals surface area contributed by atoms with E-state index in [0.29, 0.717) is 17.1 Å². The third-order valence-corrected chi connectivity index (χ3v) is 2.93. The minimum atomic E-state index is -1.03. The summed E-state index contributed by atoms with van der Waals surface area (Å²) in [5.41, 5.74) is 1.44. The number of nitriles is 1. The van der Waals surface area contributed by atoms with Crippen LogP contribution in [-0.4, -0.2) is 24.7 Å². The van der Waals surface area contributed by atoms with Crippen molar-refractivity contribution >= 4 is 29.3 Å². The molecule has 1 rings (SSSR count). The SMILES string of the molecule is CC(C#N)CN(C)c1cccc(Cl)c1/C=C/C(=O)O. The van der Waals surface area contributed by atoms with Crippen LogP contribution in [0, 0.1) is 17.2 Å². The highest BCUT2D eigenvalue weighted by molar-refractivity contribution is 6.32. The summed E-state index contributed by atoms with van der Waals surface area (Å²) in [6.07, 6.45) is 2.51. The second-order valence-electron chi connectivity index (χ2n) is 4.25. The maximum atomic E-state index is 10.6. The Morgan fingerprint density at radius 2 is 2.32 bits per heavy atom. The van der Waals surface area contributed by atoms with Crippen LogP contribution < -0.4 is 4.90 Å².